The highest BCUT2D eigenvalue weighted by atomic mass is 16.3. The lowest BCUT2D eigenvalue weighted by molar-refractivity contribution is -0.116. The predicted molar refractivity (Wildman–Crippen MR) is 289 cm³/mol. The first-order valence-corrected chi connectivity index (χ1v) is 29.5. The van der Waals surface area contributed by atoms with Crippen LogP contribution in [0.4, 0.5) is 0 Å². The maximum absolute atomic E-state index is 11.1. The number of hydrogen-bond acceptors (Lipinski definition) is 4. The second-order valence-corrected chi connectivity index (χ2v) is 32.0. The van der Waals surface area contributed by atoms with Crippen LogP contribution in [0.1, 0.15) is 265 Å². The molecule has 0 aromatic carbocycles. The Labute approximate surface area is 423 Å². The molecule has 68 heavy (non-hydrogen) atoms. The third-order valence-corrected chi connectivity index (χ3v) is 21.8. The summed E-state index contributed by atoms with van der Waals surface area (Å²) in [4.78, 5) is 22.1. The number of rotatable bonds is 12. The molecule has 0 saturated heterocycles. The van der Waals surface area contributed by atoms with Crippen molar-refractivity contribution in [3.8, 4) is 0 Å². The zero-order valence-corrected chi connectivity index (χ0v) is 48.2. The Kier molecular flexibility index (Phi) is 19.5. The first-order valence-electron chi connectivity index (χ1n) is 29.5. The normalized spacial score (nSPS) is 36.7. The van der Waals surface area contributed by atoms with Crippen molar-refractivity contribution in [1.29, 1.82) is 0 Å². The van der Waals surface area contributed by atoms with E-state index in [1.54, 1.807) is 0 Å². The second kappa shape index (κ2) is 22.8. The van der Waals surface area contributed by atoms with Crippen molar-refractivity contribution in [2.24, 2.45) is 114 Å². The summed E-state index contributed by atoms with van der Waals surface area (Å²) in [6.07, 6.45) is 35.2. The van der Waals surface area contributed by atoms with E-state index < -0.39 is 0 Å². The van der Waals surface area contributed by atoms with Gasteiger partial charge in [-0.2, -0.15) is 0 Å². The van der Waals surface area contributed by atoms with Crippen LogP contribution in [-0.4, -0.2) is 36.0 Å². The van der Waals surface area contributed by atoms with E-state index in [1.165, 1.54) is 141 Å². The van der Waals surface area contributed by atoms with E-state index in [-0.39, 0.29) is 21.7 Å². The van der Waals surface area contributed by atoms with Gasteiger partial charge in [-0.05, 0) is 232 Å². The molecule has 0 spiro atoms. The van der Waals surface area contributed by atoms with Crippen molar-refractivity contribution < 1.29 is 19.8 Å². The van der Waals surface area contributed by atoms with Gasteiger partial charge in [0.1, 0.15) is 12.6 Å². The molecule has 0 bridgehead atoms. The molecule has 0 radical (unpaired) electrons. The summed E-state index contributed by atoms with van der Waals surface area (Å²) < 4.78 is 0. The SMILES string of the molecule is CC(C)(C=O)CC1CCC2C(CCC2(C)C)C1.CC(C)(C=O)CC1CCC2CCC(C)(C)C2C1.CC(C)(CO)CC1CCC2C(CCC2(C)C)C1.CC(C)(CO)CC1CCC2CCC(C)(C)C2C1. The van der Waals surface area contributed by atoms with Crippen molar-refractivity contribution in [2.75, 3.05) is 13.2 Å². The van der Waals surface area contributed by atoms with Crippen LogP contribution in [0.5, 0.6) is 0 Å². The summed E-state index contributed by atoms with van der Waals surface area (Å²) in [6, 6.07) is 0. The number of aliphatic hydroxyl groups excluding tert-OH is 2. The van der Waals surface area contributed by atoms with E-state index in [1.807, 2.05) is 0 Å². The van der Waals surface area contributed by atoms with Crippen LogP contribution in [0.15, 0.2) is 0 Å². The molecule has 0 amide bonds. The van der Waals surface area contributed by atoms with Gasteiger partial charge in [-0.25, -0.2) is 0 Å². The summed E-state index contributed by atoms with van der Waals surface area (Å²) >= 11 is 0. The Morgan fingerprint density at radius 1 is 0.368 bits per heavy atom. The summed E-state index contributed by atoms with van der Waals surface area (Å²) in [7, 11) is 0. The summed E-state index contributed by atoms with van der Waals surface area (Å²) in [5, 5.41) is 18.8. The lowest BCUT2D eigenvalue weighted by Gasteiger charge is -2.40. The number of aliphatic hydroxyl groups is 2. The molecule has 0 aromatic heterocycles. The van der Waals surface area contributed by atoms with Crippen LogP contribution >= 0.6 is 0 Å². The molecule has 8 aliphatic rings. The molecule has 0 aromatic rings. The molecule has 8 aliphatic carbocycles. The van der Waals surface area contributed by atoms with Gasteiger partial charge in [0.15, 0.2) is 0 Å². The van der Waals surface area contributed by atoms with Gasteiger partial charge in [0.25, 0.3) is 0 Å². The van der Waals surface area contributed by atoms with E-state index >= 15 is 0 Å². The third kappa shape index (κ3) is 15.6. The first-order chi connectivity index (χ1) is 31.4. The Bertz CT molecular complexity index is 1580. The summed E-state index contributed by atoms with van der Waals surface area (Å²) in [6.45, 7) is 37.5. The molecular weight excluding hydrogens is 833 g/mol. The van der Waals surface area contributed by atoms with Crippen LogP contribution in [0.25, 0.3) is 0 Å². The zero-order chi connectivity index (χ0) is 50.7. The zero-order valence-electron chi connectivity index (χ0n) is 48.2. The van der Waals surface area contributed by atoms with Gasteiger partial charge in [0.05, 0.1) is 0 Å². The van der Waals surface area contributed by atoms with E-state index in [0.717, 1.165) is 96.4 Å². The molecule has 8 saturated carbocycles. The maximum Gasteiger partial charge on any atom is 0.125 e. The van der Waals surface area contributed by atoms with Gasteiger partial charge in [-0.3, -0.25) is 0 Å². The van der Waals surface area contributed by atoms with Crippen molar-refractivity contribution in [2.45, 2.75) is 265 Å². The molecule has 4 nitrogen and oxygen atoms in total. The maximum atomic E-state index is 11.1. The minimum absolute atomic E-state index is 0.106. The number of fused-ring (bicyclic) bond motifs is 4. The van der Waals surface area contributed by atoms with Gasteiger partial charge in [0, 0.05) is 24.0 Å². The van der Waals surface area contributed by atoms with Crippen LogP contribution in [-0.2, 0) is 9.59 Å². The molecule has 2 N–H and O–H groups in total. The highest BCUT2D eigenvalue weighted by Gasteiger charge is 2.49. The highest BCUT2D eigenvalue weighted by Crippen LogP contribution is 2.59. The van der Waals surface area contributed by atoms with E-state index in [9.17, 15) is 19.8 Å². The fourth-order valence-electron chi connectivity index (χ4n) is 17.7. The minimum atomic E-state index is -0.111. The summed E-state index contributed by atoms with van der Waals surface area (Å²) in [5.41, 5.74) is 2.34. The average Bonchev–Trinajstić information content (AvgIpc) is 3.95. The second-order valence-electron chi connectivity index (χ2n) is 32.0. The number of carbonyl (C=O) groups excluding carboxylic acids is 2. The van der Waals surface area contributed by atoms with Crippen molar-refractivity contribution in [3.05, 3.63) is 0 Å². The molecule has 4 heteroatoms. The average molecular weight is 950 g/mol. The Hall–Kier alpha value is -0.740. The monoisotopic (exact) mass is 949 g/mol. The molecule has 12 atom stereocenters. The van der Waals surface area contributed by atoms with Crippen LogP contribution < -0.4 is 0 Å². The number of hydrogen-bond donors (Lipinski definition) is 2. The van der Waals surface area contributed by atoms with Gasteiger partial charge >= 0.3 is 0 Å². The van der Waals surface area contributed by atoms with E-state index in [2.05, 4.69) is 111 Å². The summed E-state index contributed by atoms with van der Waals surface area (Å²) in [5.74, 6) is 11.1. The van der Waals surface area contributed by atoms with Crippen LogP contribution in [0, 0.1) is 114 Å². The standard InChI is InChI=1S/C16H30O.C16H28O.C16H30O.C16H28O/c2*1-15(2,11-17)10-12-5-6-14-13(9-12)7-8-16(14,3)4;2*1-15(2,11-17)10-12-5-6-13-7-8-16(3,4)14(13)9-12/h12-14,17H,5-11H2,1-4H3;11-14H,5-10H2,1-4H3;12-14,17H,5-11H2,1-4H3;11-14H,5-10H2,1-4H3. The Morgan fingerprint density at radius 2 is 0.647 bits per heavy atom. The van der Waals surface area contributed by atoms with E-state index in [4.69, 9.17) is 0 Å². The fourth-order valence-corrected chi connectivity index (χ4v) is 17.7. The largest absolute Gasteiger partial charge is 0.396 e. The van der Waals surface area contributed by atoms with Gasteiger partial charge in [-0.1, -0.05) is 136 Å². The quantitative estimate of drug-likeness (QED) is 0.191. The van der Waals surface area contributed by atoms with Crippen molar-refractivity contribution in [3.63, 3.8) is 0 Å². The first kappa shape index (κ1) is 58.2. The Morgan fingerprint density at radius 3 is 0.985 bits per heavy atom. The van der Waals surface area contributed by atoms with Gasteiger partial charge in [0.2, 0.25) is 0 Å². The lowest BCUT2D eigenvalue weighted by Crippen LogP contribution is -2.32. The molecule has 8 fully saturated rings. The fraction of sp³-hybridized carbons (Fsp3) is 0.969. The molecule has 0 aliphatic heterocycles. The number of carbonyl (C=O) groups is 2. The van der Waals surface area contributed by atoms with Crippen LogP contribution in [0.2, 0.25) is 0 Å². The Balaban J connectivity index is 0.000000169. The molecule has 8 rings (SSSR count). The molecular formula is C64H116O4. The lowest BCUT2D eigenvalue weighted by atomic mass is 9.65. The van der Waals surface area contributed by atoms with Gasteiger partial charge in [-0.15, -0.1) is 0 Å². The van der Waals surface area contributed by atoms with Crippen molar-refractivity contribution >= 4 is 12.6 Å². The number of aldehydes is 2. The topological polar surface area (TPSA) is 74.6 Å². The van der Waals surface area contributed by atoms with Crippen LogP contribution in [0.3, 0.4) is 0 Å². The minimum Gasteiger partial charge on any atom is -0.396 e. The molecule has 396 valence electrons. The van der Waals surface area contributed by atoms with E-state index in [0.29, 0.717) is 34.9 Å². The molecule has 0 heterocycles. The predicted octanol–water partition coefficient (Wildman–Crippen LogP) is 17.4. The van der Waals surface area contributed by atoms with Crippen molar-refractivity contribution in [1.82, 2.24) is 0 Å². The smallest absolute Gasteiger partial charge is 0.125 e. The van der Waals surface area contributed by atoms with Gasteiger partial charge < -0.3 is 19.8 Å². The third-order valence-electron chi connectivity index (χ3n) is 21.8. The molecule has 12 unspecified atom stereocenters. The highest BCUT2D eigenvalue weighted by molar-refractivity contribution is 5.58.